The molecular weight excluding hydrogens is 415 g/mol. The average molecular weight is 430 g/mol. The lowest BCUT2D eigenvalue weighted by atomic mass is 10.2. The van der Waals surface area contributed by atoms with Crippen molar-refractivity contribution in [2.24, 2.45) is 0 Å². The highest BCUT2D eigenvalue weighted by Gasteiger charge is 2.12. The third-order valence-electron chi connectivity index (χ3n) is 3.64. The number of benzene rings is 2. The van der Waals surface area contributed by atoms with Gasteiger partial charge in [0.15, 0.2) is 11.5 Å². The molecule has 0 aliphatic carbocycles. The molecule has 0 amide bonds. The van der Waals surface area contributed by atoms with E-state index in [2.05, 4.69) is 21.0 Å². The molecule has 1 aromatic heterocycles. The van der Waals surface area contributed by atoms with Crippen molar-refractivity contribution in [1.82, 2.24) is 20.3 Å². The van der Waals surface area contributed by atoms with Gasteiger partial charge in [0.05, 0.1) is 13.7 Å². The van der Waals surface area contributed by atoms with E-state index >= 15 is 0 Å². The Bertz CT molecular complexity index is 950. The Balaban J connectivity index is 1.74. The average Bonchev–Trinajstić information content (AvgIpc) is 3.05. The van der Waals surface area contributed by atoms with Crippen LogP contribution in [0, 0.1) is 0 Å². The number of nitrogen functional groups attached to an aromatic ring is 1. The number of ether oxygens (including phenoxy) is 2. The van der Waals surface area contributed by atoms with E-state index in [4.69, 9.17) is 50.0 Å². The Hall–Kier alpha value is -2.42. The summed E-state index contributed by atoms with van der Waals surface area (Å²) >= 11 is 18.4. The third kappa shape index (κ3) is 4.65. The summed E-state index contributed by atoms with van der Waals surface area (Å²) in [5.74, 6) is 1.14. The van der Waals surface area contributed by atoms with Crippen LogP contribution < -0.4 is 20.6 Å². The van der Waals surface area contributed by atoms with Crippen molar-refractivity contribution >= 4 is 40.8 Å². The largest absolute Gasteiger partial charge is 0.493 e. The highest BCUT2D eigenvalue weighted by atomic mass is 35.5. The fourth-order valence-corrected chi connectivity index (χ4v) is 2.93. The summed E-state index contributed by atoms with van der Waals surface area (Å²) in [6, 6.07) is 8.63. The van der Waals surface area contributed by atoms with Gasteiger partial charge in [-0.1, -0.05) is 46.0 Å². The van der Waals surface area contributed by atoms with E-state index in [1.54, 1.807) is 37.4 Å². The Morgan fingerprint density at radius 3 is 2.52 bits per heavy atom. The second-order valence-corrected chi connectivity index (χ2v) is 6.65. The summed E-state index contributed by atoms with van der Waals surface area (Å²) in [7, 11) is 1.54. The van der Waals surface area contributed by atoms with Crippen LogP contribution in [0.15, 0.2) is 30.3 Å². The van der Waals surface area contributed by atoms with E-state index in [-0.39, 0.29) is 12.6 Å². The first-order valence-corrected chi connectivity index (χ1v) is 8.82. The predicted octanol–water partition coefficient (Wildman–Crippen LogP) is 3.55. The standard InChI is InChI=1S/C16H15Cl3N6O2/c1-26-14-4-10(7-21-25-16(20)22-23-24-25)13(19)6-15(14)27-8-9-2-3-11(17)5-12(9)18/h2-6,21H,7-8H2,1H3,(H2,20,22,24). The molecule has 3 rings (SSSR count). The Labute approximate surface area is 170 Å². The van der Waals surface area contributed by atoms with Gasteiger partial charge >= 0.3 is 0 Å². The second kappa shape index (κ2) is 8.51. The van der Waals surface area contributed by atoms with Crippen LogP contribution in [0.3, 0.4) is 0 Å². The molecule has 0 saturated heterocycles. The summed E-state index contributed by atoms with van der Waals surface area (Å²) in [5.41, 5.74) is 10.1. The number of methoxy groups -OCH3 is 1. The third-order valence-corrected chi connectivity index (χ3v) is 4.58. The van der Waals surface area contributed by atoms with Crippen molar-refractivity contribution in [2.45, 2.75) is 13.2 Å². The molecule has 1 heterocycles. The molecule has 0 fully saturated rings. The van der Waals surface area contributed by atoms with Crippen LogP contribution in [0.2, 0.25) is 15.1 Å². The summed E-state index contributed by atoms with van der Waals surface area (Å²) in [6.07, 6.45) is 0. The summed E-state index contributed by atoms with van der Waals surface area (Å²) in [6.45, 7) is 0.565. The molecule has 0 atom stereocenters. The first-order chi connectivity index (χ1) is 13.0. The van der Waals surface area contributed by atoms with Crippen LogP contribution in [0.25, 0.3) is 0 Å². The van der Waals surface area contributed by atoms with Crippen LogP contribution in [0.1, 0.15) is 11.1 Å². The highest BCUT2D eigenvalue weighted by Crippen LogP contribution is 2.34. The number of aromatic nitrogens is 4. The lowest BCUT2D eigenvalue weighted by molar-refractivity contribution is 0.284. The van der Waals surface area contributed by atoms with E-state index in [1.807, 2.05) is 0 Å². The predicted molar refractivity (Wildman–Crippen MR) is 104 cm³/mol. The first kappa shape index (κ1) is 19.3. The van der Waals surface area contributed by atoms with Gasteiger partial charge in [-0.2, -0.15) is 0 Å². The van der Waals surface area contributed by atoms with E-state index in [0.29, 0.717) is 33.1 Å². The molecule has 27 heavy (non-hydrogen) atoms. The maximum atomic E-state index is 6.36. The number of nitrogens with one attached hydrogen (secondary N) is 1. The maximum absolute atomic E-state index is 6.36. The van der Waals surface area contributed by atoms with Crippen LogP contribution in [0.5, 0.6) is 11.5 Å². The second-order valence-electron chi connectivity index (χ2n) is 5.40. The van der Waals surface area contributed by atoms with Crippen LogP contribution in [-0.4, -0.2) is 27.4 Å². The van der Waals surface area contributed by atoms with E-state index in [1.165, 1.54) is 4.79 Å². The molecule has 0 saturated carbocycles. The van der Waals surface area contributed by atoms with Gasteiger partial charge in [-0.3, -0.25) is 0 Å². The molecule has 0 unspecified atom stereocenters. The van der Waals surface area contributed by atoms with E-state index in [9.17, 15) is 0 Å². The lowest BCUT2D eigenvalue weighted by Crippen LogP contribution is -2.18. The highest BCUT2D eigenvalue weighted by molar-refractivity contribution is 6.35. The normalized spacial score (nSPS) is 10.7. The minimum atomic E-state index is 0.137. The molecule has 0 aliphatic rings. The molecule has 0 spiro atoms. The molecule has 0 bridgehead atoms. The minimum Gasteiger partial charge on any atom is -0.493 e. The van der Waals surface area contributed by atoms with Crippen molar-refractivity contribution in [2.75, 3.05) is 18.3 Å². The number of tetrazole rings is 1. The summed E-state index contributed by atoms with van der Waals surface area (Å²) in [5, 5.41) is 12.3. The van der Waals surface area contributed by atoms with Gasteiger partial charge in [-0.15, -0.1) is 4.79 Å². The van der Waals surface area contributed by atoms with Crippen molar-refractivity contribution in [3.63, 3.8) is 0 Å². The van der Waals surface area contributed by atoms with Crippen LogP contribution >= 0.6 is 34.8 Å². The first-order valence-electron chi connectivity index (χ1n) is 7.69. The molecule has 2 aromatic carbocycles. The fourth-order valence-electron chi connectivity index (χ4n) is 2.25. The van der Waals surface area contributed by atoms with Gasteiger partial charge in [0.1, 0.15) is 6.61 Å². The molecule has 3 aromatic rings. The number of nitrogens with zero attached hydrogens (tertiary/aromatic N) is 4. The fraction of sp³-hybridized carbons (Fsp3) is 0.188. The minimum absolute atomic E-state index is 0.137. The zero-order chi connectivity index (χ0) is 19.4. The Morgan fingerprint density at radius 2 is 1.85 bits per heavy atom. The van der Waals surface area contributed by atoms with Gasteiger partial charge in [0, 0.05) is 26.7 Å². The number of anilines is 1. The SMILES string of the molecule is COc1cc(CNn2nnnc2N)c(Cl)cc1OCc1ccc(Cl)cc1Cl. The topological polar surface area (TPSA) is 100 Å². The quantitative estimate of drug-likeness (QED) is 0.592. The number of hydrogen-bond acceptors (Lipinski definition) is 7. The molecule has 142 valence electrons. The molecule has 0 radical (unpaired) electrons. The molecule has 0 aliphatic heterocycles. The summed E-state index contributed by atoms with van der Waals surface area (Å²) in [4.78, 5) is 1.25. The smallest absolute Gasteiger partial charge is 0.260 e. The monoisotopic (exact) mass is 428 g/mol. The van der Waals surface area contributed by atoms with Crippen molar-refractivity contribution < 1.29 is 9.47 Å². The van der Waals surface area contributed by atoms with Gasteiger partial charge in [-0.25, -0.2) is 0 Å². The van der Waals surface area contributed by atoms with Crippen LogP contribution in [0.4, 0.5) is 5.95 Å². The zero-order valence-electron chi connectivity index (χ0n) is 14.1. The Kier molecular flexibility index (Phi) is 6.10. The van der Waals surface area contributed by atoms with Crippen molar-refractivity contribution in [3.05, 3.63) is 56.5 Å². The molecule has 11 heteroatoms. The van der Waals surface area contributed by atoms with E-state index in [0.717, 1.165) is 11.1 Å². The zero-order valence-corrected chi connectivity index (χ0v) is 16.4. The maximum Gasteiger partial charge on any atom is 0.260 e. The molecular formula is C16H15Cl3N6O2. The van der Waals surface area contributed by atoms with E-state index < -0.39 is 0 Å². The van der Waals surface area contributed by atoms with Gasteiger partial charge in [-0.05, 0) is 34.2 Å². The van der Waals surface area contributed by atoms with Gasteiger partial charge < -0.3 is 20.6 Å². The summed E-state index contributed by atoms with van der Waals surface area (Å²) < 4.78 is 11.2. The van der Waals surface area contributed by atoms with Crippen molar-refractivity contribution in [1.29, 1.82) is 0 Å². The number of hydrogen-bond donors (Lipinski definition) is 2. The lowest BCUT2D eigenvalue weighted by Gasteiger charge is -2.15. The molecule has 8 nitrogen and oxygen atoms in total. The molecule has 3 N–H and O–H groups in total. The number of halogens is 3. The van der Waals surface area contributed by atoms with Gasteiger partial charge in [0.25, 0.3) is 5.95 Å². The van der Waals surface area contributed by atoms with Crippen LogP contribution in [-0.2, 0) is 13.2 Å². The Morgan fingerprint density at radius 1 is 1.07 bits per heavy atom. The number of nitrogens with two attached hydrogens (primary N) is 1. The van der Waals surface area contributed by atoms with Gasteiger partial charge in [0.2, 0.25) is 0 Å². The van der Waals surface area contributed by atoms with Crippen molar-refractivity contribution in [3.8, 4) is 11.5 Å². The number of rotatable bonds is 7.